The average Bonchev–Trinajstić information content (AvgIpc) is 2.96. The average molecular weight is 304 g/mol. The highest BCUT2D eigenvalue weighted by atomic mass is 16.2. The molecule has 6 nitrogen and oxygen atoms in total. The molecule has 4 N–H and O–H groups in total. The van der Waals surface area contributed by atoms with Crippen molar-refractivity contribution in [1.29, 1.82) is 0 Å². The van der Waals surface area contributed by atoms with E-state index in [0.717, 1.165) is 19.3 Å². The van der Waals surface area contributed by atoms with E-state index in [9.17, 15) is 9.59 Å². The van der Waals surface area contributed by atoms with Crippen molar-refractivity contribution in [1.82, 2.24) is 10.9 Å². The van der Waals surface area contributed by atoms with Crippen molar-refractivity contribution in [2.24, 2.45) is 0 Å². The molecule has 2 unspecified atom stereocenters. The minimum Gasteiger partial charge on any atom is -0.326 e. The van der Waals surface area contributed by atoms with Gasteiger partial charge in [0.2, 0.25) is 11.8 Å². The third-order valence-corrected chi connectivity index (χ3v) is 3.67. The Labute approximate surface area is 131 Å². The molecular formula is C16H24N4O2. The van der Waals surface area contributed by atoms with Gasteiger partial charge >= 0.3 is 0 Å². The van der Waals surface area contributed by atoms with Gasteiger partial charge in [0.05, 0.1) is 0 Å². The van der Waals surface area contributed by atoms with Crippen LogP contribution < -0.4 is 21.5 Å². The first-order chi connectivity index (χ1) is 10.6. The van der Waals surface area contributed by atoms with E-state index in [-0.39, 0.29) is 17.9 Å². The molecule has 0 aliphatic carbocycles. The second-order valence-corrected chi connectivity index (χ2v) is 5.53. The summed E-state index contributed by atoms with van der Waals surface area (Å²) in [6, 6.07) is 7.29. The molecule has 1 aromatic carbocycles. The number of amides is 2. The molecule has 1 fully saturated rings. The predicted molar refractivity (Wildman–Crippen MR) is 87.4 cm³/mol. The Balaban J connectivity index is 1.91. The Morgan fingerprint density at radius 3 is 2.59 bits per heavy atom. The minimum absolute atomic E-state index is 0.0486. The summed E-state index contributed by atoms with van der Waals surface area (Å²) in [7, 11) is 0. The Hall–Kier alpha value is -1.92. The molecule has 2 atom stereocenters. The first kappa shape index (κ1) is 16.5. The number of hydrazine groups is 1. The first-order valence-corrected chi connectivity index (χ1v) is 7.84. The lowest BCUT2D eigenvalue weighted by molar-refractivity contribution is -0.118. The van der Waals surface area contributed by atoms with Gasteiger partial charge in [-0.15, -0.1) is 0 Å². The number of carbonyl (C=O) groups excluding carboxylic acids is 2. The SMILES string of the molecule is CCCC1CC(C(=O)Nc2cccc(NC(=O)CC)c2)NN1. The predicted octanol–water partition coefficient (Wildman–Crippen LogP) is 2.01. The molecule has 0 radical (unpaired) electrons. The number of carbonyl (C=O) groups is 2. The number of hydrogen-bond donors (Lipinski definition) is 4. The topological polar surface area (TPSA) is 82.3 Å². The fraction of sp³-hybridized carbons (Fsp3) is 0.500. The summed E-state index contributed by atoms with van der Waals surface area (Å²) in [5, 5.41) is 5.67. The number of nitrogens with one attached hydrogen (secondary N) is 4. The van der Waals surface area contributed by atoms with E-state index in [1.54, 1.807) is 25.1 Å². The van der Waals surface area contributed by atoms with Crippen molar-refractivity contribution in [3.05, 3.63) is 24.3 Å². The molecular weight excluding hydrogens is 280 g/mol. The number of benzene rings is 1. The quantitative estimate of drug-likeness (QED) is 0.648. The lowest BCUT2D eigenvalue weighted by Gasteiger charge is -2.12. The highest BCUT2D eigenvalue weighted by molar-refractivity contribution is 5.96. The van der Waals surface area contributed by atoms with E-state index in [4.69, 9.17) is 0 Å². The van der Waals surface area contributed by atoms with Gasteiger partial charge in [0.15, 0.2) is 0 Å². The first-order valence-electron chi connectivity index (χ1n) is 7.84. The van der Waals surface area contributed by atoms with Gasteiger partial charge in [0, 0.05) is 23.8 Å². The smallest absolute Gasteiger partial charge is 0.242 e. The molecule has 120 valence electrons. The van der Waals surface area contributed by atoms with Crippen LogP contribution in [0, 0.1) is 0 Å². The van der Waals surface area contributed by atoms with Gasteiger partial charge in [-0.2, -0.15) is 0 Å². The highest BCUT2D eigenvalue weighted by Crippen LogP contribution is 2.17. The second-order valence-electron chi connectivity index (χ2n) is 5.53. The van der Waals surface area contributed by atoms with E-state index < -0.39 is 0 Å². The maximum absolute atomic E-state index is 12.3. The lowest BCUT2D eigenvalue weighted by Crippen LogP contribution is -2.40. The standard InChI is InChI=1S/C16H24N4O2/c1-3-6-13-10-14(20-19-13)16(22)18-12-8-5-7-11(9-12)17-15(21)4-2/h5,7-9,13-14,19-20H,3-4,6,10H2,1-2H3,(H,17,21)(H,18,22). The largest absolute Gasteiger partial charge is 0.326 e. The fourth-order valence-electron chi connectivity index (χ4n) is 2.49. The van der Waals surface area contributed by atoms with Crippen molar-refractivity contribution in [2.45, 2.75) is 51.6 Å². The zero-order valence-electron chi connectivity index (χ0n) is 13.1. The molecule has 1 heterocycles. The zero-order valence-corrected chi connectivity index (χ0v) is 13.1. The van der Waals surface area contributed by atoms with Crippen LogP contribution >= 0.6 is 0 Å². The van der Waals surface area contributed by atoms with E-state index in [1.807, 2.05) is 6.07 Å². The maximum Gasteiger partial charge on any atom is 0.242 e. The monoisotopic (exact) mass is 304 g/mol. The number of anilines is 2. The van der Waals surface area contributed by atoms with Crippen LogP contribution in [0.3, 0.4) is 0 Å². The van der Waals surface area contributed by atoms with Gasteiger partial charge in [0.1, 0.15) is 6.04 Å². The summed E-state index contributed by atoms with van der Waals surface area (Å²) >= 11 is 0. The molecule has 22 heavy (non-hydrogen) atoms. The third-order valence-electron chi connectivity index (χ3n) is 3.67. The zero-order chi connectivity index (χ0) is 15.9. The fourth-order valence-corrected chi connectivity index (χ4v) is 2.49. The molecule has 2 rings (SSSR count). The van der Waals surface area contributed by atoms with Gasteiger partial charge in [-0.1, -0.05) is 26.3 Å². The van der Waals surface area contributed by atoms with Crippen LogP contribution in [0.5, 0.6) is 0 Å². The van der Waals surface area contributed by atoms with E-state index in [2.05, 4.69) is 28.4 Å². The van der Waals surface area contributed by atoms with Gasteiger partial charge in [-0.05, 0) is 31.0 Å². The Bertz CT molecular complexity index is 533. The summed E-state index contributed by atoms with van der Waals surface area (Å²) in [5.74, 6) is -0.113. The van der Waals surface area contributed by atoms with Crippen LogP contribution in [0.4, 0.5) is 11.4 Å². The second kappa shape index (κ2) is 7.91. The van der Waals surface area contributed by atoms with Crippen LogP contribution in [0.25, 0.3) is 0 Å². The van der Waals surface area contributed by atoms with Crippen LogP contribution in [0.2, 0.25) is 0 Å². The molecule has 1 aliphatic rings. The summed E-state index contributed by atoms with van der Waals surface area (Å²) < 4.78 is 0. The molecule has 0 bridgehead atoms. The Morgan fingerprint density at radius 1 is 1.18 bits per heavy atom. The van der Waals surface area contributed by atoms with Gasteiger partial charge in [-0.25, -0.2) is 5.43 Å². The van der Waals surface area contributed by atoms with Crippen LogP contribution in [0.15, 0.2) is 24.3 Å². The van der Waals surface area contributed by atoms with Crippen LogP contribution in [-0.4, -0.2) is 23.9 Å². The molecule has 2 amide bonds. The summed E-state index contributed by atoms with van der Waals surface area (Å²) in [4.78, 5) is 23.7. The highest BCUT2D eigenvalue weighted by Gasteiger charge is 2.28. The van der Waals surface area contributed by atoms with Gasteiger partial charge in [0.25, 0.3) is 0 Å². The molecule has 1 aromatic rings. The van der Waals surface area contributed by atoms with Crippen molar-refractivity contribution in [2.75, 3.05) is 10.6 Å². The number of hydrogen-bond acceptors (Lipinski definition) is 4. The van der Waals surface area contributed by atoms with Crippen molar-refractivity contribution < 1.29 is 9.59 Å². The van der Waals surface area contributed by atoms with Crippen molar-refractivity contribution >= 4 is 23.2 Å². The van der Waals surface area contributed by atoms with E-state index >= 15 is 0 Å². The van der Waals surface area contributed by atoms with Crippen LogP contribution in [0.1, 0.15) is 39.5 Å². The molecule has 6 heteroatoms. The van der Waals surface area contributed by atoms with Crippen molar-refractivity contribution in [3.8, 4) is 0 Å². The minimum atomic E-state index is -0.231. The molecule has 0 aromatic heterocycles. The van der Waals surface area contributed by atoms with Gasteiger partial charge in [-0.3, -0.25) is 15.0 Å². The van der Waals surface area contributed by atoms with E-state index in [0.29, 0.717) is 23.8 Å². The summed E-state index contributed by atoms with van der Waals surface area (Å²) in [6.45, 7) is 3.93. The molecule has 1 aliphatic heterocycles. The molecule has 1 saturated heterocycles. The maximum atomic E-state index is 12.3. The Morgan fingerprint density at radius 2 is 1.91 bits per heavy atom. The lowest BCUT2D eigenvalue weighted by atomic mass is 10.1. The van der Waals surface area contributed by atoms with E-state index in [1.165, 1.54) is 0 Å². The molecule has 0 saturated carbocycles. The summed E-state index contributed by atoms with van der Waals surface area (Å²) in [5.41, 5.74) is 7.55. The van der Waals surface area contributed by atoms with Crippen LogP contribution in [-0.2, 0) is 9.59 Å². The number of rotatable bonds is 6. The molecule has 0 spiro atoms. The third kappa shape index (κ3) is 4.54. The Kier molecular flexibility index (Phi) is 5.91. The van der Waals surface area contributed by atoms with Gasteiger partial charge < -0.3 is 10.6 Å². The summed E-state index contributed by atoms with van der Waals surface area (Å²) in [6.07, 6.45) is 3.35. The van der Waals surface area contributed by atoms with Crippen molar-refractivity contribution in [3.63, 3.8) is 0 Å². The normalized spacial score (nSPS) is 20.6.